The van der Waals surface area contributed by atoms with Crippen LogP contribution in [0.5, 0.6) is 0 Å². The predicted molar refractivity (Wildman–Crippen MR) is 39.4 cm³/mol. The molecule has 0 aliphatic rings. The van der Waals surface area contributed by atoms with Crippen LogP contribution in [0.3, 0.4) is 0 Å². The van der Waals surface area contributed by atoms with E-state index in [1.165, 1.54) is 0 Å². The second-order valence-corrected chi connectivity index (χ2v) is 1.42. The fourth-order valence-electron chi connectivity index (χ4n) is 0.428. The molecule has 2 N–H and O–H groups in total. The van der Waals surface area contributed by atoms with Crippen LogP contribution in [0.15, 0.2) is 18.1 Å². The smallest absolute Gasteiger partial charge is 0.123 e. The minimum Gasteiger partial charge on any atom is -0.384 e. The Bertz CT molecular complexity index is 471. The number of nitrogens with zero attached hydrogens (tertiary/aromatic N) is 1. The first-order chi connectivity index (χ1) is 7.96. The summed E-state index contributed by atoms with van der Waals surface area (Å²) in [6, 6.07) is -1.90. The molecule has 0 unspecified atom stereocenters. The molecule has 0 bridgehead atoms. The summed E-state index contributed by atoms with van der Waals surface area (Å²) in [6.07, 6.45) is 0. The van der Waals surface area contributed by atoms with E-state index in [4.69, 9.17) is 16.7 Å². The Hall–Kier alpha value is -1.09. The molecule has 3 nitrogen and oxygen atoms in total. The van der Waals surface area contributed by atoms with E-state index in [2.05, 4.69) is 9.72 Å². The predicted octanol–water partition coefficient (Wildman–Crippen LogP) is 0.810. The SMILES string of the molecule is [2H]c1c(N)nc(C([2H])([2H])OC([2H])([2H])[2H])c([2H])c1[2H]. The van der Waals surface area contributed by atoms with Gasteiger partial charge in [0.1, 0.15) is 5.82 Å². The van der Waals surface area contributed by atoms with Gasteiger partial charge in [0, 0.05) is 7.04 Å². The third-order valence-corrected chi connectivity index (χ3v) is 0.751. The first kappa shape index (κ1) is 1.95. The average molecular weight is 146 g/mol. The number of ether oxygens (including phenoxy) is 1. The molecule has 1 aromatic heterocycles. The molecular weight excluding hydrogens is 128 g/mol. The van der Waals surface area contributed by atoms with Gasteiger partial charge >= 0.3 is 0 Å². The Balaban J connectivity index is 3.33. The van der Waals surface area contributed by atoms with Crippen molar-refractivity contribution in [1.82, 2.24) is 4.98 Å². The lowest BCUT2D eigenvalue weighted by atomic mass is 10.3. The number of hydrogen-bond acceptors (Lipinski definition) is 3. The second kappa shape index (κ2) is 3.17. The standard InChI is InChI=1S/C7H10N2O/c1-10-5-6-3-2-4-7(8)9-6/h2-4H,5H2,1H3,(H2,8,9)/i1D3,2D,3D,4D,5D2. The topological polar surface area (TPSA) is 48.1 Å². The highest BCUT2D eigenvalue weighted by Crippen LogP contribution is 2.00. The molecule has 0 atom stereocenters. The van der Waals surface area contributed by atoms with Gasteiger partial charge in [-0.3, -0.25) is 0 Å². The van der Waals surface area contributed by atoms with Gasteiger partial charge in [-0.2, -0.15) is 0 Å². The van der Waals surface area contributed by atoms with Gasteiger partial charge in [0.15, 0.2) is 0 Å². The molecule has 0 aromatic carbocycles. The maximum atomic E-state index is 7.47. The van der Waals surface area contributed by atoms with Gasteiger partial charge in [-0.05, 0) is 12.1 Å². The lowest BCUT2D eigenvalue weighted by Crippen LogP contribution is -1.95. The van der Waals surface area contributed by atoms with Crippen molar-refractivity contribution < 1.29 is 15.7 Å². The van der Waals surface area contributed by atoms with Crippen molar-refractivity contribution in [3.63, 3.8) is 0 Å². The van der Waals surface area contributed by atoms with Crippen LogP contribution in [0, 0.1) is 0 Å². The first-order valence-electron chi connectivity index (χ1n) is 6.39. The zero-order valence-electron chi connectivity index (χ0n) is 12.9. The first-order valence-corrected chi connectivity index (χ1v) is 2.39. The van der Waals surface area contributed by atoms with E-state index in [0.717, 1.165) is 0 Å². The highest BCUT2D eigenvalue weighted by atomic mass is 16.5. The van der Waals surface area contributed by atoms with Gasteiger partial charge in [-0.25, -0.2) is 4.98 Å². The van der Waals surface area contributed by atoms with Crippen LogP contribution in [0.4, 0.5) is 5.82 Å². The molecule has 0 amide bonds. The zero-order valence-corrected chi connectivity index (χ0v) is 4.93. The monoisotopic (exact) mass is 146 g/mol. The molecule has 0 saturated carbocycles. The Kier molecular flexibility index (Phi) is 0.619. The summed E-state index contributed by atoms with van der Waals surface area (Å²) in [5, 5.41) is 0. The van der Waals surface area contributed by atoms with Crippen LogP contribution in [0.2, 0.25) is 0 Å². The lowest BCUT2D eigenvalue weighted by molar-refractivity contribution is 0.181. The maximum Gasteiger partial charge on any atom is 0.123 e. The van der Waals surface area contributed by atoms with Gasteiger partial charge in [0.05, 0.1) is 23.2 Å². The van der Waals surface area contributed by atoms with Crippen LogP contribution in [-0.4, -0.2) is 12.0 Å². The van der Waals surface area contributed by atoms with Crippen LogP contribution >= 0.6 is 0 Å². The van der Waals surface area contributed by atoms with Gasteiger partial charge in [-0.1, -0.05) is 6.04 Å². The molecule has 0 aliphatic heterocycles. The van der Waals surface area contributed by atoms with Crippen LogP contribution < -0.4 is 5.73 Å². The minimum atomic E-state index is -3.03. The normalized spacial score (nSPS) is 24.0. The molecule has 1 aromatic rings. The van der Waals surface area contributed by atoms with Crippen molar-refractivity contribution in [3.05, 3.63) is 23.8 Å². The largest absolute Gasteiger partial charge is 0.384 e. The van der Waals surface area contributed by atoms with E-state index in [0.29, 0.717) is 0 Å². The molecule has 1 rings (SSSR count). The summed E-state index contributed by atoms with van der Waals surface area (Å²) in [5.41, 5.74) is 4.55. The fraction of sp³-hybridized carbons (Fsp3) is 0.286. The van der Waals surface area contributed by atoms with E-state index in [1.807, 2.05) is 0 Å². The minimum absolute atomic E-state index is 0.469. The van der Waals surface area contributed by atoms with E-state index < -0.39 is 43.2 Å². The molecule has 0 aliphatic carbocycles. The van der Waals surface area contributed by atoms with Crippen molar-refractivity contribution in [2.75, 3.05) is 12.8 Å². The molecule has 3 heteroatoms. The lowest BCUT2D eigenvalue weighted by Gasteiger charge is -1.97. The molecule has 0 radical (unpaired) electrons. The van der Waals surface area contributed by atoms with E-state index in [9.17, 15) is 0 Å². The Labute approximate surface area is 71.1 Å². The second-order valence-electron chi connectivity index (χ2n) is 1.42. The maximum absolute atomic E-state index is 7.47. The van der Waals surface area contributed by atoms with E-state index in [-0.39, 0.29) is 0 Å². The van der Waals surface area contributed by atoms with Crippen molar-refractivity contribution in [3.8, 4) is 0 Å². The molecule has 10 heavy (non-hydrogen) atoms. The molecular formula is C7H10N2O. The summed E-state index contributed by atoms with van der Waals surface area (Å²) < 4.78 is 61.7. The third-order valence-electron chi connectivity index (χ3n) is 0.751. The number of anilines is 1. The number of nitrogen functional groups attached to an aromatic ring is 1. The number of hydrogen-bond donors (Lipinski definition) is 1. The van der Waals surface area contributed by atoms with E-state index in [1.54, 1.807) is 0 Å². The number of rotatable bonds is 2. The van der Waals surface area contributed by atoms with Crippen LogP contribution in [0.1, 0.15) is 16.7 Å². The summed E-state index contributed by atoms with van der Waals surface area (Å²) in [5.74, 6) is -0.469. The van der Waals surface area contributed by atoms with Gasteiger partial charge in [-0.15, -0.1) is 0 Å². The molecule has 0 spiro atoms. The molecule has 0 saturated heterocycles. The Morgan fingerprint density at radius 2 is 2.90 bits per heavy atom. The summed E-state index contributed by atoms with van der Waals surface area (Å²) in [7, 11) is -3.03. The molecule has 0 fully saturated rings. The fourth-order valence-corrected chi connectivity index (χ4v) is 0.428. The molecule has 54 valence electrons. The van der Waals surface area contributed by atoms with Crippen molar-refractivity contribution in [2.24, 2.45) is 0 Å². The quantitative estimate of drug-likeness (QED) is 0.671. The Morgan fingerprint density at radius 3 is 3.70 bits per heavy atom. The number of aromatic nitrogens is 1. The summed E-state index contributed by atoms with van der Waals surface area (Å²) in [6.45, 7) is -2.90. The van der Waals surface area contributed by atoms with Crippen LogP contribution in [0.25, 0.3) is 0 Å². The van der Waals surface area contributed by atoms with Gasteiger partial charge < -0.3 is 10.5 Å². The number of nitrogens with two attached hydrogens (primary N) is 1. The van der Waals surface area contributed by atoms with Gasteiger partial charge in [0.2, 0.25) is 0 Å². The van der Waals surface area contributed by atoms with E-state index >= 15 is 0 Å². The van der Waals surface area contributed by atoms with Crippen molar-refractivity contribution >= 4 is 5.82 Å². The highest BCUT2D eigenvalue weighted by Gasteiger charge is 1.91. The van der Waals surface area contributed by atoms with Crippen LogP contribution in [-0.2, 0) is 11.3 Å². The summed E-state index contributed by atoms with van der Waals surface area (Å²) >= 11 is 0. The van der Waals surface area contributed by atoms with Gasteiger partial charge in [0.25, 0.3) is 0 Å². The highest BCUT2D eigenvalue weighted by molar-refractivity contribution is 5.28. The van der Waals surface area contributed by atoms with Crippen molar-refractivity contribution in [2.45, 2.75) is 6.56 Å². The summed E-state index contributed by atoms with van der Waals surface area (Å²) in [4.78, 5) is 3.42. The average Bonchev–Trinajstić information content (AvgIpc) is 2.16. The zero-order chi connectivity index (χ0) is 14.3. The van der Waals surface area contributed by atoms with Crippen molar-refractivity contribution in [1.29, 1.82) is 0 Å². The third kappa shape index (κ3) is 1.70. The number of methoxy groups -OCH3 is 1. The number of pyridine rings is 1. The molecule has 1 heterocycles. The Morgan fingerprint density at radius 1 is 2.00 bits per heavy atom.